The van der Waals surface area contributed by atoms with E-state index in [1.54, 1.807) is 0 Å². The number of aryl methyl sites for hydroxylation is 6. The average molecular weight is 2130 g/mol. The van der Waals surface area contributed by atoms with Gasteiger partial charge in [-0.05, 0) is 440 Å². The largest absolute Gasteiger partial charge is 0.493 e. The minimum atomic E-state index is -0.111. The first kappa shape index (κ1) is 173. The van der Waals surface area contributed by atoms with Crippen molar-refractivity contribution in [3.05, 3.63) is 118 Å². The van der Waals surface area contributed by atoms with Gasteiger partial charge in [0.15, 0.2) is 0 Å². The third-order valence-corrected chi connectivity index (χ3v) is 23.3. The molecule has 0 heterocycles. The third-order valence-electron chi connectivity index (χ3n) is 23.3. The van der Waals surface area contributed by atoms with Crippen LogP contribution in [0.5, 0.6) is 23.0 Å². The Balaban J connectivity index is -0.000000123. The highest BCUT2D eigenvalue weighted by Gasteiger charge is 2.29. The lowest BCUT2D eigenvalue weighted by Crippen LogP contribution is -2.35. The predicted octanol–water partition coefficient (Wildman–Crippen LogP) is 40.2. The van der Waals surface area contributed by atoms with Crippen molar-refractivity contribution in [2.24, 2.45) is 80.8 Å². The second-order valence-corrected chi connectivity index (χ2v) is 51.0. The lowest BCUT2D eigenvalue weighted by molar-refractivity contribution is 0.00758. The minimum absolute atomic E-state index is 0. The van der Waals surface area contributed by atoms with Crippen molar-refractivity contribution < 1.29 is 47.4 Å². The van der Waals surface area contributed by atoms with E-state index >= 15 is 0 Å². The molecule has 5 saturated carbocycles. The number of hydrogen-bond donors (Lipinski definition) is 4. The molecular formula is C136H278N4O10. The van der Waals surface area contributed by atoms with Gasteiger partial charge in [0.25, 0.3) is 0 Å². The second-order valence-electron chi connectivity index (χ2n) is 51.0. The SMILES string of the molecule is C.C.C.C.C.C.C.C.CCC(C)OCC(C)(C)C.CCNC.CCNC(C)(C)C.CCNC(C)C.CCNCC(C)(C)C.CCOC1CC(C)CC(C)C1.CCOC1CC(C)CC(C)C1.CCOC1CC(C)CC(C)C1.CCOC1CC(C)CC(C)C1.CCOC1CC(C)CC(C)C1.Cc1cc(C)cc(OC(C)(C)C)c1.Cc1cc(C)cc(OCC(C)(C)C)c1.Cc1ccc(OC(C)(C)C)cc1.Cc1ccc(OCC(C)(C)C)cc1. The van der Waals surface area contributed by atoms with Crippen LogP contribution in [0.3, 0.4) is 0 Å². The van der Waals surface area contributed by atoms with Crippen LogP contribution in [0, 0.1) is 122 Å². The van der Waals surface area contributed by atoms with E-state index < -0.39 is 0 Å². The number of benzene rings is 4. The summed E-state index contributed by atoms with van der Waals surface area (Å²) in [5.74, 6) is 12.6. The van der Waals surface area contributed by atoms with Crippen molar-refractivity contribution in [3.63, 3.8) is 0 Å². The van der Waals surface area contributed by atoms with Crippen LogP contribution >= 0.6 is 0 Å². The fourth-order valence-electron chi connectivity index (χ4n) is 17.7. The van der Waals surface area contributed by atoms with Crippen molar-refractivity contribution in [1.29, 1.82) is 0 Å². The molecule has 0 aromatic heterocycles. The molecule has 4 aromatic carbocycles. The summed E-state index contributed by atoms with van der Waals surface area (Å²) >= 11 is 0. The van der Waals surface area contributed by atoms with Gasteiger partial charge < -0.3 is 68.6 Å². The van der Waals surface area contributed by atoms with Gasteiger partial charge in [-0.25, -0.2) is 0 Å². The Morgan fingerprint density at radius 2 is 0.520 bits per heavy atom. The summed E-state index contributed by atoms with van der Waals surface area (Å²) in [4.78, 5) is 0. The summed E-state index contributed by atoms with van der Waals surface area (Å²) in [6, 6.07) is 29.5. The molecule has 0 saturated heterocycles. The maximum atomic E-state index is 5.76. The zero-order chi connectivity index (χ0) is 110. The van der Waals surface area contributed by atoms with Crippen LogP contribution in [-0.2, 0) is 28.4 Å². The van der Waals surface area contributed by atoms with Crippen molar-refractivity contribution >= 4 is 0 Å². The van der Waals surface area contributed by atoms with Crippen LogP contribution in [0.1, 0.15) is 500 Å². The molecule has 5 fully saturated rings. The molecule has 4 N–H and O–H groups in total. The number of ether oxygens (including phenoxy) is 10. The topological polar surface area (TPSA) is 140 Å². The van der Waals surface area contributed by atoms with Gasteiger partial charge in [0.2, 0.25) is 0 Å². The molecule has 0 aliphatic heterocycles. The van der Waals surface area contributed by atoms with Crippen LogP contribution in [-0.4, -0.2) is 152 Å². The highest BCUT2D eigenvalue weighted by Crippen LogP contribution is 2.36. The first-order valence-electron chi connectivity index (χ1n) is 57.0. The van der Waals surface area contributed by atoms with Crippen LogP contribution in [0.2, 0.25) is 0 Å². The predicted molar refractivity (Wildman–Crippen MR) is 682 cm³/mol. The quantitative estimate of drug-likeness (QED) is 0.0500. The van der Waals surface area contributed by atoms with Gasteiger partial charge in [-0.2, -0.15) is 0 Å². The van der Waals surface area contributed by atoms with Crippen LogP contribution in [0.4, 0.5) is 0 Å². The molecule has 0 bridgehead atoms. The number of nitrogens with one attached hydrogen (secondary N) is 4. The summed E-state index contributed by atoms with van der Waals surface area (Å²) in [5.41, 5.74) is 8.83. The number of hydrogen-bond acceptors (Lipinski definition) is 14. The van der Waals surface area contributed by atoms with Crippen molar-refractivity contribution in [2.45, 2.75) is 568 Å². The maximum absolute atomic E-state index is 5.76. The van der Waals surface area contributed by atoms with E-state index in [1.165, 1.54) is 130 Å². The zero-order valence-corrected chi connectivity index (χ0v) is 104. The lowest BCUT2D eigenvalue weighted by atomic mass is 9.82. The van der Waals surface area contributed by atoms with Gasteiger partial charge in [-0.15, -0.1) is 0 Å². The number of rotatable bonds is 25. The summed E-state index contributed by atoms with van der Waals surface area (Å²) < 4.78 is 56.5. The van der Waals surface area contributed by atoms with E-state index in [2.05, 4.69) is 407 Å². The molecule has 150 heavy (non-hydrogen) atoms. The van der Waals surface area contributed by atoms with Crippen LogP contribution in [0.25, 0.3) is 0 Å². The van der Waals surface area contributed by atoms with Crippen molar-refractivity contribution in [3.8, 4) is 23.0 Å². The van der Waals surface area contributed by atoms with E-state index in [0.717, 1.165) is 174 Å². The Bertz CT molecular complexity index is 3240. The van der Waals surface area contributed by atoms with Crippen molar-refractivity contribution in [2.75, 3.05) is 92.6 Å². The van der Waals surface area contributed by atoms with Gasteiger partial charge >= 0.3 is 0 Å². The molecule has 14 heteroatoms. The Morgan fingerprint density at radius 3 is 0.693 bits per heavy atom. The van der Waals surface area contributed by atoms with E-state index in [9.17, 15) is 0 Å². The maximum Gasteiger partial charge on any atom is 0.120 e. The monoisotopic (exact) mass is 2130 g/mol. The Kier molecular flexibility index (Phi) is 112. The second kappa shape index (κ2) is 96.8. The molecule has 5 aliphatic rings. The van der Waals surface area contributed by atoms with Gasteiger partial charge in [-0.1, -0.05) is 308 Å². The van der Waals surface area contributed by atoms with E-state index in [1.807, 2.05) is 52.1 Å². The molecule has 9 rings (SSSR count). The molecule has 11 atom stereocenters. The zero-order valence-electron chi connectivity index (χ0n) is 104. The molecular weight excluding hydrogens is 1850 g/mol. The molecule has 0 spiro atoms. The highest BCUT2D eigenvalue weighted by atomic mass is 16.5. The van der Waals surface area contributed by atoms with Crippen molar-refractivity contribution in [1.82, 2.24) is 21.3 Å². The summed E-state index contributed by atoms with van der Waals surface area (Å²) in [6.07, 6.45) is 24.0. The standard InChI is InChI=1S/C13H20O.2C12H18O.C11H16O.5C10H20O.C9H20O.C7H17N.C6H15N.C5H13N.C3H9N.8CH4/c1-10-6-11(2)8-12(7-10)14-9-13(3,4)5;1-9-6-10(2)8-11(7-9)13-12(3,4)5;1-10-5-7-11(8-6-10)13-9-12(2,3)4;1-9-5-7-10(8-6-9)12-11(2,3)4;5*1-4-11-10-6-8(2)5-9(3)7-10;1-6-8(2)10-7-9(3,4)5;1-5-8-6-7(2,3)4;1-5-7-6(2,3)4;1-4-6-5(2)3;1-3-4-2;;;;;;;;/h6-8H,9H2,1-5H3;6-8H,1-5H3;5-8H,9H2,1-4H3;5-8H,1-4H3;5*8-10H,4-7H2,1-3H3;8H,6-7H2,1-5H3;8H,5-6H2,1-4H3;7H,5H2,1-4H3;5-6H,4H2,1-3H3;4H,3H2,1-2H3;8*1H4. The molecule has 5 aliphatic carbocycles. The molecule has 0 amide bonds. The Morgan fingerprint density at radius 1 is 0.280 bits per heavy atom. The first-order chi connectivity index (χ1) is 65.5. The Labute approximate surface area is 945 Å². The van der Waals surface area contributed by atoms with Crippen LogP contribution in [0.15, 0.2) is 84.9 Å². The molecule has 11 unspecified atom stereocenters. The van der Waals surface area contributed by atoms with Gasteiger partial charge in [0.1, 0.15) is 34.2 Å². The smallest absolute Gasteiger partial charge is 0.120 e. The first-order valence-corrected chi connectivity index (χ1v) is 57.0. The summed E-state index contributed by atoms with van der Waals surface area (Å²) in [5, 5.41) is 12.7. The lowest BCUT2D eigenvalue weighted by Gasteiger charge is -2.30. The normalized spacial score (nSPS) is 21.1. The minimum Gasteiger partial charge on any atom is -0.493 e. The summed E-state index contributed by atoms with van der Waals surface area (Å²) in [6.45, 7) is 121. The van der Waals surface area contributed by atoms with Crippen LogP contribution < -0.4 is 40.2 Å². The summed E-state index contributed by atoms with van der Waals surface area (Å²) in [7, 11) is 1.93. The Hall–Kier alpha value is -4.32. The average Bonchev–Trinajstić information content (AvgIpc) is 0.867. The molecule has 902 valence electrons. The molecule has 0 radical (unpaired) electrons. The highest BCUT2D eigenvalue weighted by molar-refractivity contribution is 5.34. The van der Waals surface area contributed by atoms with Gasteiger partial charge in [0.05, 0.1) is 56.4 Å². The molecule has 14 nitrogen and oxygen atoms in total. The molecule has 4 aromatic rings. The van der Waals surface area contributed by atoms with Gasteiger partial charge in [0, 0.05) is 44.6 Å². The van der Waals surface area contributed by atoms with E-state index in [0.29, 0.717) is 59.0 Å². The fraction of sp³-hybridized carbons (Fsp3) is 0.824. The van der Waals surface area contributed by atoms with Gasteiger partial charge in [-0.3, -0.25) is 0 Å². The third kappa shape index (κ3) is 118. The fourth-order valence-corrected chi connectivity index (χ4v) is 17.7. The van der Waals surface area contributed by atoms with E-state index in [-0.39, 0.29) is 81.4 Å². The van der Waals surface area contributed by atoms with E-state index in [4.69, 9.17) is 47.4 Å².